The van der Waals surface area contributed by atoms with E-state index in [0.717, 1.165) is 12.8 Å². The van der Waals surface area contributed by atoms with Crippen molar-refractivity contribution in [1.29, 1.82) is 0 Å². The van der Waals surface area contributed by atoms with Gasteiger partial charge < -0.3 is 16.4 Å². The first kappa shape index (κ1) is 12.8. The molecule has 1 heterocycles. The lowest BCUT2D eigenvalue weighted by atomic mass is 10.2. The molecular formula is C12H16N4OS. The van der Waals surface area contributed by atoms with Crippen molar-refractivity contribution in [3.05, 3.63) is 23.9 Å². The number of amides is 1. The van der Waals surface area contributed by atoms with E-state index in [4.69, 9.17) is 18.0 Å². The van der Waals surface area contributed by atoms with Crippen molar-refractivity contribution >= 4 is 28.9 Å². The van der Waals surface area contributed by atoms with Crippen molar-refractivity contribution in [2.75, 3.05) is 5.32 Å². The van der Waals surface area contributed by atoms with E-state index < -0.39 is 0 Å². The van der Waals surface area contributed by atoms with Crippen LogP contribution in [0.5, 0.6) is 0 Å². The Balaban J connectivity index is 2.03. The third-order valence-electron chi connectivity index (χ3n) is 2.74. The summed E-state index contributed by atoms with van der Waals surface area (Å²) in [6.45, 7) is 1.79. The average molecular weight is 264 g/mol. The maximum atomic E-state index is 11.8. The molecule has 0 radical (unpaired) electrons. The number of rotatable bonds is 5. The molecule has 6 heteroatoms. The van der Waals surface area contributed by atoms with Gasteiger partial charge in [-0.25, -0.2) is 4.98 Å². The number of hydrogen-bond acceptors (Lipinski definition) is 4. The van der Waals surface area contributed by atoms with Gasteiger partial charge in [-0.15, -0.1) is 0 Å². The highest BCUT2D eigenvalue weighted by atomic mass is 32.1. The first-order valence-electron chi connectivity index (χ1n) is 5.89. The Kier molecular flexibility index (Phi) is 3.76. The van der Waals surface area contributed by atoms with Crippen LogP contribution in [-0.2, 0) is 4.79 Å². The number of nitrogens with zero attached hydrogens (tertiary/aromatic N) is 1. The fraction of sp³-hybridized carbons (Fsp3) is 0.417. The molecule has 96 valence electrons. The van der Waals surface area contributed by atoms with Gasteiger partial charge in [0, 0.05) is 12.2 Å². The number of thiocarbonyl (C=S) groups is 1. The van der Waals surface area contributed by atoms with Crippen molar-refractivity contribution in [3.8, 4) is 0 Å². The van der Waals surface area contributed by atoms with Crippen molar-refractivity contribution in [2.24, 2.45) is 5.73 Å². The summed E-state index contributed by atoms with van der Waals surface area (Å²) in [7, 11) is 0. The Hall–Kier alpha value is -1.69. The van der Waals surface area contributed by atoms with Gasteiger partial charge in [0.25, 0.3) is 0 Å². The van der Waals surface area contributed by atoms with E-state index in [0.29, 0.717) is 17.4 Å². The largest absolute Gasteiger partial charge is 0.389 e. The van der Waals surface area contributed by atoms with Gasteiger partial charge in [-0.05, 0) is 31.9 Å². The van der Waals surface area contributed by atoms with Gasteiger partial charge in [0.05, 0.1) is 5.56 Å². The number of nitrogens with one attached hydrogen (secondary N) is 2. The molecule has 1 aliphatic carbocycles. The van der Waals surface area contributed by atoms with Crippen molar-refractivity contribution in [3.63, 3.8) is 0 Å². The normalized spacial score (nSPS) is 15.8. The van der Waals surface area contributed by atoms with Crippen molar-refractivity contribution < 1.29 is 4.79 Å². The molecule has 1 aliphatic rings. The summed E-state index contributed by atoms with van der Waals surface area (Å²) >= 11 is 4.95. The molecule has 4 N–H and O–H groups in total. The fourth-order valence-electron chi connectivity index (χ4n) is 1.54. The summed E-state index contributed by atoms with van der Waals surface area (Å²) < 4.78 is 0. The number of carbonyl (C=O) groups is 1. The molecule has 1 aromatic rings. The summed E-state index contributed by atoms with van der Waals surface area (Å²) in [5.41, 5.74) is 6.26. The highest BCUT2D eigenvalue weighted by molar-refractivity contribution is 7.80. The average Bonchev–Trinajstić information content (AvgIpc) is 3.13. The van der Waals surface area contributed by atoms with Crippen molar-refractivity contribution in [1.82, 2.24) is 10.3 Å². The minimum atomic E-state index is -0.367. The molecule has 1 atom stereocenters. The van der Waals surface area contributed by atoms with Gasteiger partial charge in [0.2, 0.25) is 5.91 Å². The smallest absolute Gasteiger partial charge is 0.242 e. The van der Waals surface area contributed by atoms with Crippen LogP contribution >= 0.6 is 12.2 Å². The Morgan fingerprint density at radius 2 is 2.33 bits per heavy atom. The van der Waals surface area contributed by atoms with Crippen LogP contribution in [0.4, 0.5) is 5.82 Å². The van der Waals surface area contributed by atoms with E-state index in [1.807, 2.05) is 0 Å². The number of anilines is 1. The van der Waals surface area contributed by atoms with Crippen LogP contribution in [0.1, 0.15) is 25.3 Å². The number of nitrogens with two attached hydrogens (primary N) is 1. The number of carbonyl (C=O) groups excluding carboxylic acids is 1. The molecule has 1 fully saturated rings. The van der Waals surface area contributed by atoms with Gasteiger partial charge >= 0.3 is 0 Å². The summed E-state index contributed by atoms with van der Waals surface area (Å²) in [6, 6.07) is 3.52. The van der Waals surface area contributed by atoms with E-state index in [1.54, 1.807) is 25.3 Å². The van der Waals surface area contributed by atoms with E-state index in [2.05, 4.69) is 15.6 Å². The van der Waals surface area contributed by atoms with E-state index in [9.17, 15) is 4.79 Å². The van der Waals surface area contributed by atoms with E-state index >= 15 is 0 Å². The molecular weight excluding hydrogens is 248 g/mol. The third kappa shape index (κ3) is 3.16. The molecule has 18 heavy (non-hydrogen) atoms. The minimum absolute atomic E-state index is 0.0305. The molecule has 2 rings (SSSR count). The summed E-state index contributed by atoms with van der Waals surface area (Å²) in [4.78, 5) is 16.2. The molecule has 0 bridgehead atoms. The third-order valence-corrected chi connectivity index (χ3v) is 2.96. The number of hydrogen-bond donors (Lipinski definition) is 3. The van der Waals surface area contributed by atoms with E-state index in [-0.39, 0.29) is 16.9 Å². The van der Waals surface area contributed by atoms with Crippen LogP contribution in [0.3, 0.4) is 0 Å². The SMILES string of the molecule is CC(Nc1ncccc1C(N)=S)C(=O)NC1CC1. The number of aromatic nitrogens is 1. The van der Waals surface area contributed by atoms with Gasteiger partial charge in [-0.3, -0.25) is 4.79 Å². The fourth-order valence-corrected chi connectivity index (χ4v) is 1.71. The number of pyridine rings is 1. The lowest BCUT2D eigenvalue weighted by Gasteiger charge is -2.16. The first-order valence-corrected chi connectivity index (χ1v) is 6.30. The molecule has 0 spiro atoms. The first-order chi connectivity index (χ1) is 8.58. The molecule has 1 unspecified atom stereocenters. The molecule has 1 aromatic heterocycles. The van der Waals surface area contributed by atoms with Crippen LogP contribution in [0, 0.1) is 0 Å². The monoisotopic (exact) mass is 264 g/mol. The van der Waals surface area contributed by atoms with Gasteiger partial charge in [0.15, 0.2) is 0 Å². The second kappa shape index (κ2) is 5.30. The summed E-state index contributed by atoms with van der Waals surface area (Å²) in [6.07, 6.45) is 3.77. The van der Waals surface area contributed by atoms with Crippen LogP contribution in [0.15, 0.2) is 18.3 Å². The standard InChI is InChI=1S/C12H16N4OS/c1-7(12(17)16-8-4-5-8)15-11-9(10(13)18)3-2-6-14-11/h2-3,6-8H,4-5H2,1H3,(H2,13,18)(H,14,15)(H,16,17). The molecule has 1 saturated carbocycles. The second-order valence-electron chi connectivity index (χ2n) is 4.41. The predicted octanol–water partition coefficient (Wildman–Crippen LogP) is 0.795. The topological polar surface area (TPSA) is 80.0 Å². The Bertz CT molecular complexity index is 473. The lowest BCUT2D eigenvalue weighted by molar-refractivity contribution is -0.121. The zero-order chi connectivity index (χ0) is 13.1. The Morgan fingerprint density at radius 3 is 2.94 bits per heavy atom. The van der Waals surface area contributed by atoms with Crippen LogP contribution < -0.4 is 16.4 Å². The molecule has 1 amide bonds. The van der Waals surface area contributed by atoms with Gasteiger partial charge in [-0.1, -0.05) is 12.2 Å². The van der Waals surface area contributed by atoms with Crippen molar-refractivity contribution in [2.45, 2.75) is 31.8 Å². The van der Waals surface area contributed by atoms with Crippen LogP contribution in [0.25, 0.3) is 0 Å². The lowest BCUT2D eigenvalue weighted by Crippen LogP contribution is -2.39. The van der Waals surface area contributed by atoms with Crippen LogP contribution in [0.2, 0.25) is 0 Å². The van der Waals surface area contributed by atoms with Crippen LogP contribution in [-0.4, -0.2) is 28.0 Å². The highest BCUT2D eigenvalue weighted by Gasteiger charge is 2.25. The summed E-state index contributed by atoms with van der Waals surface area (Å²) in [5.74, 6) is 0.514. The quantitative estimate of drug-likeness (QED) is 0.685. The molecule has 0 saturated heterocycles. The van der Waals surface area contributed by atoms with E-state index in [1.165, 1.54) is 0 Å². The maximum Gasteiger partial charge on any atom is 0.242 e. The van der Waals surface area contributed by atoms with Gasteiger partial charge in [0.1, 0.15) is 16.8 Å². The zero-order valence-electron chi connectivity index (χ0n) is 10.1. The minimum Gasteiger partial charge on any atom is -0.389 e. The highest BCUT2D eigenvalue weighted by Crippen LogP contribution is 2.19. The Morgan fingerprint density at radius 1 is 1.61 bits per heavy atom. The molecule has 0 aliphatic heterocycles. The molecule has 0 aromatic carbocycles. The maximum absolute atomic E-state index is 11.8. The Labute approximate surface area is 111 Å². The zero-order valence-corrected chi connectivity index (χ0v) is 11.0. The predicted molar refractivity (Wildman–Crippen MR) is 74.4 cm³/mol. The van der Waals surface area contributed by atoms with Gasteiger partial charge in [-0.2, -0.15) is 0 Å². The second-order valence-corrected chi connectivity index (χ2v) is 4.85. The molecule has 5 nitrogen and oxygen atoms in total. The summed E-state index contributed by atoms with van der Waals surface area (Å²) in [5, 5.41) is 5.96.